The van der Waals surface area contributed by atoms with Gasteiger partial charge in [-0.1, -0.05) is 38.3 Å². The van der Waals surface area contributed by atoms with E-state index in [1.54, 1.807) is 12.1 Å². The Balaban J connectivity index is 1.78. The maximum absolute atomic E-state index is 13.6. The molecule has 0 radical (unpaired) electrons. The first-order valence-corrected chi connectivity index (χ1v) is 9.30. The van der Waals surface area contributed by atoms with Crippen molar-refractivity contribution in [1.29, 1.82) is 0 Å². The fourth-order valence-corrected chi connectivity index (χ4v) is 4.60. The molecule has 2 N–H and O–H groups in total. The molecule has 1 aromatic carbocycles. The van der Waals surface area contributed by atoms with Crippen LogP contribution < -0.4 is 5.73 Å². The fourth-order valence-electron chi connectivity index (χ4n) is 4.60. The number of benzene rings is 1. The Morgan fingerprint density at radius 3 is 2.75 bits per heavy atom. The van der Waals surface area contributed by atoms with Gasteiger partial charge in [0.1, 0.15) is 5.82 Å². The van der Waals surface area contributed by atoms with E-state index in [-0.39, 0.29) is 23.2 Å². The molecule has 0 aromatic heterocycles. The molecule has 3 rings (SSSR count). The van der Waals surface area contributed by atoms with Gasteiger partial charge in [-0.2, -0.15) is 0 Å². The van der Waals surface area contributed by atoms with Crippen LogP contribution in [-0.4, -0.2) is 23.9 Å². The first-order chi connectivity index (χ1) is 11.5. The quantitative estimate of drug-likeness (QED) is 0.904. The standard InChI is InChI=1S/C20H29FN2O/c1-15-8-11-23(19(15)16-6-5-7-17(21)12-16)18(24)13-20(14-22)9-3-2-4-10-20/h5-7,12,15,19H,2-4,8-11,13-14,22H2,1H3. The lowest BCUT2D eigenvalue weighted by Gasteiger charge is -2.38. The van der Waals surface area contributed by atoms with Crippen LogP contribution in [0.4, 0.5) is 4.39 Å². The minimum atomic E-state index is -0.232. The summed E-state index contributed by atoms with van der Waals surface area (Å²) < 4.78 is 13.6. The van der Waals surface area contributed by atoms with Gasteiger partial charge in [0.15, 0.2) is 0 Å². The van der Waals surface area contributed by atoms with E-state index in [1.165, 1.54) is 25.3 Å². The summed E-state index contributed by atoms with van der Waals surface area (Å²) in [5.41, 5.74) is 6.95. The maximum Gasteiger partial charge on any atom is 0.223 e. The maximum atomic E-state index is 13.6. The molecule has 2 fully saturated rings. The highest BCUT2D eigenvalue weighted by atomic mass is 19.1. The zero-order valence-electron chi connectivity index (χ0n) is 14.6. The Kier molecular flexibility index (Phi) is 5.24. The van der Waals surface area contributed by atoms with Gasteiger partial charge in [-0.15, -0.1) is 0 Å². The molecule has 0 bridgehead atoms. The largest absolute Gasteiger partial charge is 0.335 e. The molecule has 3 nitrogen and oxygen atoms in total. The first-order valence-electron chi connectivity index (χ1n) is 9.30. The lowest BCUT2D eigenvalue weighted by Crippen LogP contribution is -2.40. The highest BCUT2D eigenvalue weighted by Crippen LogP contribution is 2.42. The van der Waals surface area contributed by atoms with Crippen molar-refractivity contribution in [3.63, 3.8) is 0 Å². The molecule has 0 spiro atoms. The van der Waals surface area contributed by atoms with Gasteiger partial charge in [-0.25, -0.2) is 4.39 Å². The van der Waals surface area contributed by atoms with Gasteiger partial charge in [-0.05, 0) is 54.8 Å². The van der Waals surface area contributed by atoms with Crippen molar-refractivity contribution in [2.45, 2.75) is 57.9 Å². The number of nitrogens with two attached hydrogens (primary N) is 1. The van der Waals surface area contributed by atoms with Crippen LogP contribution >= 0.6 is 0 Å². The van der Waals surface area contributed by atoms with Gasteiger partial charge in [-0.3, -0.25) is 4.79 Å². The SMILES string of the molecule is CC1CCN(C(=O)CC2(CN)CCCCC2)C1c1cccc(F)c1. The summed E-state index contributed by atoms with van der Waals surface area (Å²) in [5.74, 6) is 0.321. The molecule has 1 saturated carbocycles. The third kappa shape index (κ3) is 3.49. The summed E-state index contributed by atoms with van der Waals surface area (Å²) in [4.78, 5) is 15.0. The Bertz CT molecular complexity index is 583. The van der Waals surface area contributed by atoms with Crippen LogP contribution in [0.2, 0.25) is 0 Å². The Morgan fingerprint density at radius 1 is 1.33 bits per heavy atom. The third-order valence-electron chi connectivity index (χ3n) is 6.08. The van der Waals surface area contributed by atoms with Crippen molar-refractivity contribution in [3.05, 3.63) is 35.6 Å². The Labute approximate surface area is 144 Å². The highest BCUT2D eigenvalue weighted by Gasteiger charge is 2.40. The van der Waals surface area contributed by atoms with Crippen molar-refractivity contribution in [2.75, 3.05) is 13.1 Å². The van der Waals surface area contributed by atoms with E-state index in [2.05, 4.69) is 6.92 Å². The van der Waals surface area contributed by atoms with Crippen molar-refractivity contribution in [3.8, 4) is 0 Å². The van der Waals surface area contributed by atoms with Gasteiger partial charge in [0.2, 0.25) is 5.91 Å². The zero-order valence-corrected chi connectivity index (χ0v) is 14.6. The number of carbonyl (C=O) groups excluding carboxylic acids is 1. The van der Waals surface area contributed by atoms with Crippen LogP contribution in [0.1, 0.15) is 63.5 Å². The normalized spacial score (nSPS) is 26.5. The summed E-state index contributed by atoms with van der Waals surface area (Å²) in [6, 6.07) is 6.70. The number of rotatable bonds is 4. The monoisotopic (exact) mass is 332 g/mol. The molecule has 1 aliphatic heterocycles. The summed E-state index contributed by atoms with van der Waals surface area (Å²) in [6.45, 7) is 3.51. The van der Waals surface area contributed by atoms with Crippen molar-refractivity contribution in [1.82, 2.24) is 4.90 Å². The van der Waals surface area contributed by atoms with E-state index in [9.17, 15) is 9.18 Å². The number of amides is 1. The van der Waals surface area contributed by atoms with Crippen LogP contribution in [0, 0.1) is 17.2 Å². The van der Waals surface area contributed by atoms with E-state index in [0.717, 1.165) is 31.4 Å². The van der Waals surface area contributed by atoms with Gasteiger partial charge >= 0.3 is 0 Å². The summed E-state index contributed by atoms with van der Waals surface area (Å²) in [5, 5.41) is 0. The van der Waals surface area contributed by atoms with Gasteiger partial charge in [0, 0.05) is 13.0 Å². The van der Waals surface area contributed by atoms with Gasteiger partial charge in [0.25, 0.3) is 0 Å². The average Bonchev–Trinajstić information content (AvgIpc) is 2.97. The van der Waals surface area contributed by atoms with Gasteiger partial charge < -0.3 is 10.6 Å². The lowest BCUT2D eigenvalue weighted by molar-refractivity contribution is -0.135. The van der Waals surface area contributed by atoms with E-state index in [1.807, 2.05) is 11.0 Å². The Morgan fingerprint density at radius 2 is 2.08 bits per heavy atom. The van der Waals surface area contributed by atoms with Crippen molar-refractivity contribution >= 4 is 5.91 Å². The van der Waals surface area contributed by atoms with Gasteiger partial charge in [0.05, 0.1) is 6.04 Å². The number of hydrogen-bond acceptors (Lipinski definition) is 2. The smallest absolute Gasteiger partial charge is 0.223 e. The molecule has 1 heterocycles. The third-order valence-corrected chi connectivity index (χ3v) is 6.08. The molecule has 4 heteroatoms. The molecule has 132 valence electrons. The van der Waals surface area contributed by atoms with Crippen LogP contribution in [0.5, 0.6) is 0 Å². The van der Waals surface area contributed by atoms with Crippen molar-refractivity contribution < 1.29 is 9.18 Å². The van der Waals surface area contributed by atoms with E-state index >= 15 is 0 Å². The number of likely N-dealkylation sites (tertiary alicyclic amines) is 1. The van der Waals surface area contributed by atoms with Crippen LogP contribution in [0.25, 0.3) is 0 Å². The molecule has 2 aliphatic rings. The molecular formula is C20H29FN2O. The van der Waals surface area contributed by atoms with E-state index in [4.69, 9.17) is 5.73 Å². The molecule has 1 saturated heterocycles. The number of carbonyl (C=O) groups is 1. The molecule has 1 amide bonds. The highest BCUT2D eigenvalue weighted by molar-refractivity contribution is 5.78. The molecule has 1 aliphatic carbocycles. The average molecular weight is 332 g/mol. The predicted octanol–water partition coefficient (Wildman–Crippen LogP) is 4.03. The summed E-state index contributed by atoms with van der Waals surface area (Å²) in [7, 11) is 0. The predicted molar refractivity (Wildman–Crippen MR) is 93.8 cm³/mol. The molecule has 2 unspecified atom stereocenters. The molecule has 1 aromatic rings. The molecule has 24 heavy (non-hydrogen) atoms. The molecule has 2 atom stereocenters. The zero-order chi connectivity index (χ0) is 17.2. The second kappa shape index (κ2) is 7.22. The number of halogens is 1. The van der Waals surface area contributed by atoms with Crippen LogP contribution in [-0.2, 0) is 4.79 Å². The summed E-state index contributed by atoms with van der Waals surface area (Å²) in [6.07, 6.45) is 7.24. The number of nitrogens with zero attached hydrogens (tertiary/aromatic N) is 1. The topological polar surface area (TPSA) is 46.3 Å². The minimum absolute atomic E-state index is 0.00776. The van der Waals surface area contributed by atoms with Crippen LogP contribution in [0.3, 0.4) is 0 Å². The number of hydrogen-bond donors (Lipinski definition) is 1. The molecular weight excluding hydrogens is 303 g/mol. The summed E-state index contributed by atoms with van der Waals surface area (Å²) >= 11 is 0. The second-order valence-corrected chi connectivity index (χ2v) is 7.79. The second-order valence-electron chi connectivity index (χ2n) is 7.79. The Hall–Kier alpha value is -1.42. The van der Waals surface area contributed by atoms with Crippen molar-refractivity contribution in [2.24, 2.45) is 17.1 Å². The first kappa shape index (κ1) is 17.4. The van der Waals surface area contributed by atoms with E-state index < -0.39 is 0 Å². The lowest BCUT2D eigenvalue weighted by atomic mass is 9.71. The minimum Gasteiger partial charge on any atom is -0.335 e. The van der Waals surface area contributed by atoms with Crippen LogP contribution in [0.15, 0.2) is 24.3 Å². The van der Waals surface area contributed by atoms with E-state index in [0.29, 0.717) is 18.9 Å². The fraction of sp³-hybridized carbons (Fsp3) is 0.650.